The van der Waals surface area contributed by atoms with E-state index in [1.165, 1.54) is 12.8 Å². The second-order valence-electron chi connectivity index (χ2n) is 8.80. The highest BCUT2D eigenvalue weighted by molar-refractivity contribution is 6.00. The predicted octanol–water partition coefficient (Wildman–Crippen LogP) is 5.46. The first-order valence-corrected chi connectivity index (χ1v) is 11.1. The number of hydrogen-bond donors (Lipinski definition) is 0. The molecule has 160 valence electrons. The molecule has 5 heteroatoms. The van der Waals surface area contributed by atoms with E-state index in [-0.39, 0.29) is 11.9 Å². The van der Waals surface area contributed by atoms with Crippen molar-refractivity contribution in [2.45, 2.75) is 78.2 Å². The van der Waals surface area contributed by atoms with E-state index in [4.69, 9.17) is 9.47 Å². The molecule has 1 aromatic carbocycles. The third-order valence-corrected chi connectivity index (χ3v) is 6.62. The summed E-state index contributed by atoms with van der Waals surface area (Å²) in [5, 5.41) is 0. The largest absolute Gasteiger partial charge is 0.486 e. The molecule has 1 unspecified atom stereocenters. The van der Waals surface area contributed by atoms with Crippen LogP contribution in [0.15, 0.2) is 12.1 Å². The highest BCUT2D eigenvalue weighted by Gasteiger charge is 2.44. The number of aryl methyl sites for hydroxylation is 2. The van der Waals surface area contributed by atoms with Gasteiger partial charge in [-0.1, -0.05) is 33.1 Å². The molecule has 2 aliphatic rings. The Labute approximate surface area is 174 Å². The quantitative estimate of drug-likeness (QED) is 0.635. The van der Waals surface area contributed by atoms with Gasteiger partial charge in [0.25, 0.3) is 0 Å². The van der Waals surface area contributed by atoms with Gasteiger partial charge in [0.05, 0.1) is 18.6 Å². The Balaban J connectivity index is 1.56. The van der Waals surface area contributed by atoms with Crippen molar-refractivity contribution in [3.8, 4) is 5.75 Å². The summed E-state index contributed by atoms with van der Waals surface area (Å²) in [7, 11) is 0. The van der Waals surface area contributed by atoms with Gasteiger partial charge in [0.1, 0.15) is 11.4 Å². The molecule has 2 aliphatic heterocycles. The van der Waals surface area contributed by atoms with Crippen molar-refractivity contribution in [1.29, 1.82) is 0 Å². The van der Waals surface area contributed by atoms with Gasteiger partial charge in [-0.2, -0.15) is 0 Å². The van der Waals surface area contributed by atoms with Crippen LogP contribution in [-0.4, -0.2) is 42.1 Å². The molecule has 0 aromatic heterocycles. The summed E-state index contributed by atoms with van der Waals surface area (Å²) in [5.74, 6) is 1.28. The van der Waals surface area contributed by atoms with Gasteiger partial charge in [-0.3, -0.25) is 4.79 Å². The smallest absolute Gasteiger partial charge is 0.409 e. The molecule has 0 aliphatic carbocycles. The minimum absolute atomic E-state index is 0.145. The van der Waals surface area contributed by atoms with Gasteiger partial charge in [-0.05, 0) is 49.4 Å². The van der Waals surface area contributed by atoms with E-state index in [1.54, 1.807) is 4.90 Å². The monoisotopic (exact) mass is 401 g/mol. The fraction of sp³-hybridized carbons (Fsp3) is 0.667. The van der Waals surface area contributed by atoms with E-state index in [2.05, 4.69) is 13.8 Å². The number of nitrogens with zero attached hydrogens (tertiary/aromatic N) is 1. The summed E-state index contributed by atoms with van der Waals surface area (Å²) in [6, 6.07) is 3.92. The summed E-state index contributed by atoms with van der Waals surface area (Å²) in [6.07, 6.45) is 5.96. The summed E-state index contributed by atoms with van der Waals surface area (Å²) >= 11 is 0. The maximum atomic E-state index is 12.7. The number of rotatable bonds is 6. The number of unbranched alkanes of at least 4 members (excludes halogenated alkanes) is 1. The third kappa shape index (κ3) is 4.93. The number of amides is 1. The zero-order valence-corrected chi connectivity index (χ0v) is 18.4. The fourth-order valence-electron chi connectivity index (χ4n) is 4.30. The van der Waals surface area contributed by atoms with Gasteiger partial charge in [0.2, 0.25) is 0 Å². The highest BCUT2D eigenvalue weighted by Crippen LogP contribution is 2.40. The minimum atomic E-state index is -0.490. The molecule has 1 atom stereocenters. The number of Topliss-reactive ketones (excluding diaryl/α,β-unsaturated/α-hetero) is 1. The van der Waals surface area contributed by atoms with Crippen molar-refractivity contribution in [2.24, 2.45) is 5.92 Å². The van der Waals surface area contributed by atoms with Crippen LogP contribution < -0.4 is 4.74 Å². The van der Waals surface area contributed by atoms with E-state index in [0.29, 0.717) is 56.2 Å². The van der Waals surface area contributed by atoms with Crippen molar-refractivity contribution in [3.63, 3.8) is 0 Å². The lowest BCUT2D eigenvalue weighted by atomic mass is 9.82. The van der Waals surface area contributed by atoms with Crippen LogP contribution in [0.25, 0.3) is 0 Å². The van der Waals surface area contributed by atoms with E-state index >= 15 is 0 Å². The summed E-state index contributed by atoms with van der Waals surface area (Å²) in [6.45, 7) is 10.0. The minimum Gasteiger partial charge on any atom is -0.486 e. The average molecular weight is 402 g/mol. The Bertz CT molecular complexity index is 749. The maximum Gasteiger partial charge on any atom is 0.409 e. The first kappa shape index (κ1) is 21.7. The number of likely N-dealkylation sites (tertiary alicyclic amines) is 1. The number of piperidine rings is 1. The van der Waals surface area contributed by atoms with Crippen molar-refractivity contribution in [3.05, 3.63) is 28.8 Å². The zero-order valence-electron chi connectivity index (χ0n) is 18.4. The molecule has 29 heavy (non-hydrogen) atoms. The van der Waals surface area contributed by atoms with Crippen LogP contribution in [0.4, 0.5) is 4.79 Å². The maximum absolute atomic E-state index is 12.7. The summed E-state index contributed by atoms with van der Waals surface area (Å²) < 4.78 is 11.9. The van der Waals surface area contributed by atoms with Gasteiger partial charge in [0.15, 0.2) is 5.78 Å². The Morgan fingerprint density at radius 1 is 1.21 bits per heavy atom. The van der Waals surface area contributed by atoms with Crippen LogP contribution in [0.1, 0.15) is 80.3 Å². The van der Waals surface area contributed by atoms with Gasteiger partial charge in [-0.25, -0.2) is 4.79 Å². The van der Waals surface area contributed by atoms with Gasteiger partial charge in [0, 0.05) is 25.9 Å². The lowest BCUT2D eigenvalue weighted by molar-refractivity contribution is -0.0106. The molecule has 1 saturated heterocycles. The number of hydrogen-bond acceptors (Lipinski definition) is 4. The number of ether oxygens (including phenoxy) is 2. The molecule has 3 rings (SSSR count). The second kappa shape index (κ2) is 9.19. The first-order valence-electron chi connectivity index (χ1n) is 11.1. The first-order chi connectivity index (χ1) is 13.9. The van der Waals surface area contributed by atoms with Gasteiger partial charge in [-0.15, -0.1) is 0 Å². The van der Waals surface area contributed by atoms with Crippen LogP contribution in [0.2, 0.25) is 0 Å². The summed E-state index contributed by atoms with van der Waals surface area (Å²) in [5.41, 5.74) is 2.44. The van der Waals surface area contributed by atoms with Crippen molar-refractivity contribution in [2.75, 3.05) is 19.7 Å². The highest BCUT2D eigenvalue weighted by atomic mass is 16.6. The molecule has 1 fully saturated rings. The third-order valence-electron chi connectivity index (χ3n) is 6.62. The molecule has 5 nitrogen and oxygen atoms in total. The van der Waals surface area contributed by atoms with Crippen molar-refractivity contribution >= 4 is 11.9 Å². The molecule has 1 spiro atoms. The van der Waals surface area contributed by atoms with Gasteiger partial charge >= 0.3 is 6.09 Å². The van der Waals surface area contributed by atoms with E-state index in [1.807, 2.05) is 26.0 Å². The van der Waals surface area contributed by atoms with Crippen LogP contribution in [-0.2, 0) is 4.74 Å². The standard InChI is InChI=1S/C24H35NO4/c1-5-7-8-19(6-2)16-28-23(27)25-11-9-24(10-12-25)15-21(26)20-13-17(3)18(4)14-22(20)29-24/h13-14,19H,5-12,15-16H2,1-4H3. The van der Waals surface area contributed by atoms with Crippen molar-refractivity contribution in [1.82, 2.24) is 4.90 Å². The second-order valence-corrected chi connectivity index (χ2v) is 8.80. The average Bonchev–Trinajstić information content (AvgIpc) is 2.70. The van der Waals surface area contributed by atoms with E-state index in [0.717, 1.165) is 24.0 Å². The molecule has 0 saturated carbocycles. The van der Waals surface area contributed by atoms with Crippen LogP contribution >= 0.6 is 0 Å². The zero-order chi connectivity index (χ0) is 21.0. The molecular weight excluding hydrogens is 366 g/mol. The molecule has 0 bridgehead atoms. The Hall–Kier alpha value is -2.04. The number of benzene rings is 1. The summed E-state index contributed by atoms with van der Waals surface area (Å²) in [4.78, 5) is 27.0. The number of fused-ring (bicyclic) bond motifs is 1. The van der Waals surface area contributed by atoms with Crippen LogP contribution in [0, 0.1) is 19.8 Å². The fourth-order valence-corrected chi connectivity index (χ4v) is 4.30. The molecule has 0 N–H and O–H groups in total. The SMILES string of the molecule is CCCCC(CC)COC(=O)N1CCC2(CC1)CC(=O)c1cc(C)c(C)cc1O2. The Kier molecular flexibility index (Phi) is 6.86. The number of carbonyl (C=O) groups excluding carboxylic acids is 2. The van der Waals surface area contributed by atoms with Crippen LogP contribution in [0.3, 0.4) is 0 Å². The normalized spacial score (nSPS) is 18.9. The Morgan fingerprint density at radius 3 is 2.55 bits per heavy atom. The van der Waals surface area contributed by atoms with Crippen LogP contribution in [0.5, 0.6) is 5.75 Å². The molecule has 2 heterocycles. The molecule has 1 aromatic rings. The molecular formula is C24H35NO4. The predicted molar refractivity (Wildman–Crippen MR) is 114 cm³/mol. The lowest BCUT2D eigenvalue weighted by Crippen LogP contribution is -2.52. The lowest BCUT2D eigenvalue weighted by Gasteiger charge is -2.43. The number of carbonyl (C=O) groups is 2. The van der Waals surface area contributed by atoms with E-state index in [9.17, 15) is 9.59 Å². The molecule has 0 radical (unpaired) electrons. The van der Waals surface area contributed by atoms with E-state index < -0.39 is 5.60 Å². The number of ketones is 1. The van der Waals surface area contributed by atoms with Gasteiger partial charge < -0.3 is 14.4 Å². The van der Waals surface area contributed by atoms with Crippen molar-refractivity contribution < 1.29 is 19.1 Å². The topological polar surface area (TPSA) is 55.8 Å². The molecule has 1 amide bonds. The Morgan fingerprint density at radius 2 is 1.90 bits per heavy atom.